The average Bonchev–Trinajstić information content (AvgIpc) is 4.12. The van der Waals surface area contributed by atoms with Crippen molar-refractivity contribution < 1.29 is 32.1 Å². The number of H-pyrrole nitrogens is 2. The number of piperidine rings is 2. The van der Waals surface area contributed by atoms with Crippen LogP contribution in [0, 0.1) is 15.5 Å². The number of nitrogens with one attached hydrogen (secondary N) is 4. The number of hydrogen-bond donors (Lipinski definition) is 4. The van der Waals surface area contributed by atoms with Gasteiger partial charge in [-0.2, -0.15) is 0 Å². The van der Waals surface area contributed by atoms with Gasteiger partial charge in [0.05, 0.1) is 23.0 Å². The lowest BCUT2D eigenvalue weighted by molar-refractivity contribution is -0.384. The van der Waals surface area contributed by atoms with Gasteiger partial charge in [-0.3, -0.25) is 24.6 Å². The Hall–Kier alpha value is -6.67. The summed E-state index contributed by atoms with van der Waals surface area (Å²) in [5.74, 6) is 0.0843. The van der Waals surface area contributed by atoms with E-state index in [0.29, 0.717) is 35.2 Å². The molecule has 7 heterocycles. The highest BCUT2D eigenvalue weighted by Crippen LogP contribution is 2.54. The second kappa shape index (κ2) is 18.0. The van der Waals surface area contributed by atoms with Crippen molar-refractivity contribution in [3.63, 3.8) is 0 Å². The summed E-state index contributed by atoms with van der Waals surface area (Å²) in [4.78, 5) is 62.5. The lowest BCUT2D eigenvalue weighted by Crippen LogP contribution is -2.55. The third-order valence-corrected chi connectivity index (χ3v) is 16.3. The Morgan fingerprint density at radius 2 is 1.75 bits per heavy atom. The Balaban J connectivity index is 0.871. The number of nitrogens with zero attached hydrogens (tertiary/aromatic N) is 7. The molecule has 4 fully saturated rings. The summed E-state index contributed by atoms with van der Waals surface area (Å²) in [5, 5.41) is 16.1. The van der Waals surface area contributed by atoms with Crippen LogP contribution in [0.2, 0.25) is 0 Å². The molecule has 0 radical (unpaired) electrons. The van der Waals surface area contributed by atoms with E-state index >= 15 is 4.39 Å². The number of anilines is 2. The third-order valence-electron chi connectivity index (χ3n) is 15.0. The van der Waals surface area contributed by atoms with Crippen LogP contribution in [0.4, 0.5) is 21.6 Å². The number of likely N-dealkylation sites (tertiary alicyclic amines) is 2. The lowest BCUT2D eigenvalue weighted by atomic mass is 9.60. The lowest BCUT2D eigenvalue weighted by Gasteiger charge is -2.56. The summed E-state index contributed by atoms with van der Waals surface area (Å²) in [5.41, 5.74) is 0.638. The first-order valence-corrected chi connectivity index (χ1v) is 25.2. The number of amides is 2. The number of ether oxygens (including phenoxy) is 1. The highest BCUT2D eigenvalue weighted by Gasteiger charge is 2.50. The van der Waals surface area contributed by atoms with Gasteiger partial charge in [-0.25, -0.2) is 32.5 Å². The van der Waals surface area contributed by atoms with Crippen LogP contribution in [-0.4, -0.2) is 111 Å². The molecule has 6 aromatic rings. The van der Waals surface area contributed by atoms with Gasteiger partial charge < -0.3 is 29.8 Å². The number of halogens is 1. The summed E-state index contributed by atoms with van der Waals surface area (Å²) < 4.78 is 52.7. The van der Waals surface area contributed by atoms with Gasteiger partial charge in [0, 0.05) is 94.5 Å². The standard InChI is InChI=1S/C49H56FN11O7S/c1-30(2)35-7-4-5-8-36(35)38-9-6-16-60(38)33-24-48(25-33)11-17-59(18-12-48)42-23-40(68-34-21-32-10-15-51-46(32)53-26-34)37(27-52-42)47(63)57-69(66,67)41-22-39(61(64)65)43(45-44(41)55-29-56-45)54-28-49(50)13-19-58(20-14-49)31(3)62/h4-5,7-8,10,15,21-23,26-27,29-30,33,38,54H,6,9,11-14,16-20,24-25,28H2,1-3H3,(H,51,53)(H,55,56)(H,57,63)/t38-/m0/s1. The van der Waals surface area contributed by atoms with Crippen molar-refractivity contribution >= 4 is 61.1 Å². The maximum absolute atomic E-state index is 15.9. The molecule has 0 bridgehead atoms. The largest absolute Gasteiger partial charge is 0.455 e. The number of nitro groups is 1. The molecule has 1 spiro atoms. The van der Waals surface area contributed by atoms with Gasteiger partial charge in [0.1, 0.15) is 50.3 Å². The van der Waals surface area contributed by atoms with E-state index in [0.717, 1.165) is 63.1 Å². The zero-order chi connectivity index (χ0) is 48.2. The van der Waals surface area contributed by atoms with Crippen molar-refractivity contribution in [1.29, 1.82) is 0 Å². The van der Waals surface area contributed by atoms with Gasteiger partial charge in [0.25, 0.3) is 21.6 Å². The molecule has 1 atom stereocenters. The molecule has 3 saturated heterocycles. The number of sulfonamides is 1. The molecular formula is C49H56FN11O7S. The molecule has 362 valence electrons. The van der Waals surface area contributed by atoms with Crippen molar-refractivity contribution in [3.8, 4) is 11.5 Å². The van der Waals surface area contributed by atoms with Gasteiger partial charge >= 0.3 is 0 Å². The number of imidazole rings is 1. The van der Waals surface area contributed by atoms with Gasteiger partial charge in [0.15, 0.2) is 0 Å². The SMILES string of the molecule is CC(=O)N1CCC(F)(CNc2c([N+](=O)[O-])cc(S(=O)(=O)NC(=O)c3cnc(N4CCC5(CC4)CC(N4CCC[C@H]4c4ccccc4C(C)C)C5)cc3Oc3cnc4[nH]ccc4c3)c3nc[nH]c23)CC1. The van der Waals surface area contributed by atoms with Crippen molar-refractivity contribution in [3.05, 3.63) is 100 Å². The summed E-state index contributed by atoms with van der Waals surface area (Å²) in [6.45, 7) is 8.57. The van der Waals surface area contributed by atoms with Crippen molar-refractivity contribution in [2.24, 2.45) is 5.41 Å². The minimum atomic E-state index is -4.87. The van der Waals surface area contributed by atoms with Gasteiger partial charge in [-0.1, -0.05) is 38.1 Å². The molecule has 1 saturated carbocycles. The second-order valence-electron chi connectivity index (χ2n) is 19.6. The van der Waals surface area contributed by atoms with Crippen LogP contribution in [0.5, 0.6) is 11.5 Å². The number of aromatic nitrogens is 5. The van der Waals surface area contributed by atoms with Gasteiger partial charge in [-0.05, 0) is 79.7 Å². The van der Waals surface area contributed by atoms with Crippen LogP contribution in [-0.2, 0) is 14.8 Å². The van der Waals surface area contributed by atoms with E-state index < -0.39 is 37.1 Å². The number of pyridine rings is 2. The molecular weight excluding hydrogens is 906 g/mol. The third kappa shape index (κ3) is 8.95. The summed E-state index contributed by atoms with van der Waals surface area (Å²) >= 11 is 0. The molecule has 10 rings (SSSR count). The number of fused-ring (bicyclic) bond motifs is 2. The summed E-state index contributed by atoms with van der Waals surface area (Å²) in [6, 6.07) is 15.9. The Kier molecular flexibility index (Phi) is 12.0. The van der Waals surface area contributed by atoms with Crippen molar-refractivity contribution in [2.45, 2.75) is 101 Å². The monoisotopic (exact) mass is 961 g/mol. The number of alkyl halides is 1. The number of hydrogen-bond acceptors (Lipinski definition) is 13. The highest BCUT2D eigenvalue weighted by molar-refractivity contribution is 7.90. The molecule has 4 aliphatic rings. The Bertz CT molecular complexity index is 3060. The first-order valence-electron chi connectivity index (χ1n) is 23.7. The highest BCUT2D eigenvalue weighted by atomic mass is 32.2. The van der Waals surface area contributed by atoms with Crippen molar-refractivity contribution in [1.82, 2.24) is 39.4 Å². The fourth-order valence-electron chi connectivity index (χ4n) is 11.1. The molecule has 0 unspecified atom stereocenters. The molecule has 3 aliphatic heterocycles. The minimum absolute atomic E-state index is 0.00444. The van der Waals surface area contributed by atoms with Crippen molar-refractivity contribution in [2.75, 3.05) is 49.5 Å². The Morgan fingerprint density at radius 1 is 0.986 bits per heavy atom. The first-order chi connectivity index (χ1) is 33.1. The van der Waals surface area contributed by atoms with E-state index in [1.54, 1.807) is 18.3 Å². The van der Waals surface area contributed by atoms with E-state index in [1.165, 1.54) is 48.2 Å². The quantitative estimate of drug-likeness (QED) is 0.0635. The van der Waals surface area contributed by atoms with E-state index in [-0.39, 0.29) is 71.8 Å². The minimum Gasteiger partial charge on any atom is -0.455 e. The van der Waals surface area contributed by atoms with E-state index in [9.17, 15) is 28.1 Å². The molecule has 20 heteroatoms. The van der Waals surface area contributed by atoms with Crippen LogP contribution >= 0.6 is 0 Å². The fourth-order valence-corrected chi connectivity index (χ4v) is 12.3. The molecule has 4 aromatic heterocycles. The maximum Gasteiger partial charge on any atom is 0.296 e. The topological polar surface area (TPSA) is 225 Å². The molecule has 4 N–H and O–H groups in total. The number of benzene rings is 2. The summed E-state index contributed by atoms with van der Waals surface area (Å²) in [6.07, 6.45) is 12.3. The number of nitro benzene ring substituents is 1. The first kappa shape index (κ1) is 46.1. The normalized spacial score (nSPS) is 19.6. The average molecular weight is 962 g/mol. The maximum atomic E-state index is 15.9. The van der Waals surface area contributed by atoms with E-state index in [1.807, 2.05) is 6.07 Å². The number of carbonyl (C=O) groups excluding carboxylic acids is 2. The van der Waals surface area contributed by atoms with Crippen LogP contribution < -0.4 is 19.7 Å². The predicted octanol–water partition coefficient (Wildman–Crippen LogP) is 8.13. The summed E-state index contributed by atoms with van der Waals surface area (Å²) in [7, 11) is -4.87. The fraction of sp³-hybridized carbons (Fsp3) is 0.449. The van der Waals surface area contributed by atoms with Crippen LogP contribution in [0.1, 0.15) is 106 Å². The van der Waals surface area contributed by atoms with Crippen LogP contribution in [0.15, 0.2) is 78.3 Å². The number of rotatable bonds is 13. The zero-order valence-electron chi connectivity index (χ0n) is 38.8. The Labute approximate surface area is 398 Å². The smallest absolute Gasteiger partial charge is 0.296 e. The molecule has 69 heavy (non-hydrogen) atoms. The number of aromatic amines is 2. The molecule has 2 aromatic carbocycles. The number of carbonyl (C=O) groups is 2. The van der Waals surface area contributed by atoms with Gasteiger partial charge in [0.2, 0.25) is 5.91 Å². The molecule has 18 nitrogen and oxygen atoms in total. The predicted molar refractivity (Wildman–Crippen MR) is 258 cm³/mol. The van der Waals surface area contributed by atoms with Gasteiger partial charge in [-0.15, -0.1) is 0 Å². The molecule has 1 aliphatic carbocycles. The van der Waals surface area contributed by atoms with E-state index in [4.69, 9.17) is 4.74 Å². The second-order valence-corrected chi connectivity index (χ2v) is 21.2. The van der Waals surface area contributed by atoms with E-state index in [2.05, 4.69) is 82.9 Å². The van der Waals surface area contributed by atoms with Crippen LogP contribution in [0.25, 0.3) is 22.1 Å². The zero-order valence-corrected chi connectivity index (χ0v) is 39.7. The molecule has 2 amide bonds. The Morgan fingerprint density at radius 3 is 2.49 bits per heavy atom. The van der Waals surface area contributed by atoms with Crippen LogP contribution in [0.3, 0.4) is 0 Å².